The third-order valence-corrected chi connectivity index (χ3v) is 5.95. The Balaban J connectivity index is 1.59. The number of hydrogen-bond donors (Lipinski definition) is 2. The molecule has 0 radical (unpaired) electrons. The summed E-state index contributed by atoms with van der Waals surface area (Å²) in [5, 5.41) is 6.03. The fraction of sp³-hybridized carbons (Fsp3) is 0.364. The standard InChI is InChI=1S/C22H27N3O2S/c1-16(21(26)24-19-12-6-7-13-20(19)28-2)25-14-8-9-17(15-25)22(27)23-18-10-4-3-5-11-18/h3-7,10-13,16-17H,8-9,14-15H2,1-2H3,(H,23,27)(H,24,26)/t16-,17-/m1/s1. The molecule has 2 aromatic carbocycles. The van der Waals surface area contributed by atoms with E-state index in [-0.39, 0.29) is 23.8 Å². The Labute approximate surface area is 170 Å². The average molecular weight is 398 g/mol. The van der Waals surface area contributed by atoms with Crippen molar-refractivity contribution in [2.75, 3.05) is 30.0 Å². The van der Waals surface area contributed by atoms with Crippen LogP contribution in [-0.4, -0.2) is 42.1 Å². The number of piperidine rings is 1. The number of rotatable bonds is 6. The fourth-order valence-corrected chi connectivity index (χ4v) is 4.04. The first-order valence-electron chi connectivity index (χ1n) is 9.62. The highest BCUT2D eigenvalue weighted by Gasteiger charge is 2.31. The summed E-state index contributed by atoms with van der Waals surface area (Å²) in [6.45, 7) is 3.33. The molecule has 5 nitrogen and oxygen atoms in total. The van der Waals surface area contributed by atoms with E-state index in [1.807, 2.05) is 67.8 Å². The highest BCUT2D eigenvalue weighted by Crippen LogP contribution is 2.26. The zero-order valence-corrected chi connectivity index (χ0v) is 17.2. The number of hydrogen-bond acceptors (Lipinski definition) is 4. The molecule has 0 unspecified atom stereocenters. The Morgan fingerprint density at radius 2 is 1.79 bits per heavy atom. The molecule has 148 valence electrons. The van der Waals surface area contributed by atoms with Crippen LogP contribution in [0.25, 0.3) is 0 Å². The van der Waals surface area contributed by atoms with Crippen molar-refractivity contribution in [3.8, 4) is 0 Å². The van der Waals surface area contributed by atoms with E-state index in [0.29, 0.717) is 6.54 Å². The monoisotopic (exact) mass is 397 g/mol. The number of anilines is 2. The molecule has 2 aromatic rings. The molecule has 0 saturated carbocycles. The zero-order chi connectivity index (χ0) is 19.9. The number of likely N-dealkylation sites (tertiary alicyclic amines) is 1. The molecule has 2 amide bonds. The van der Waals surface area contributed by atoms with Crippen LogP contribution in [0.15, 0.2) is 59.5 Å². The van der Waals surface area contributed by atoms with Crippen LogP contribution in [0.3, 0.4) is 0 Å². The molecule has 1 heterocycles. The van der Waals surface area contributed by atoms with E-state index in [1.54, 1.807) is 11.8 Å². The van der Waals surface area contributed by atoms with Crippen molar-refractivity contribution in [3.63, 3.8) is 0 Å². The second-order valence-electron chi connectivity index (χ2n) is 7.05. The molecule has 0 aromatic heterocycles. The van der Waals surface area contributed by atoms with Gasteiger partial charge >= 0.3 is 0 Å². The quantitative estimate of drug-likeness (QED) is 0.721. The minimum atomic E-state index is -0.290. The van der Waals surface area contributed by atoms with Gasteiger partial charge in [-0.2, -0.15) is 0 Å². The normalized spacial score (nSPS) is 18.3. The van der Waals surface area contributed by atoms with E-state index >= 15 is 0 Å². The molecule has 0 aliphatic carbocycles. The molecule has 6 heteroatoms. The van der Waals surface area contributed by atoms with Gasteiger partial charge < -0.3 is 10.6 Å². The lowest BCUT2D eigenvalue weighted by Crippen LogP contribution is -2.49. The molecule has 2 N–H and O–H groups in total. The molecular weight excluding hydrogens is 370 g/mol. The Kier molecular flexibility index (Phi) is 7.12. The smallest absolute Gasteiger partial charge is 0.241 e. The number of thioether (sulfide) groups is 1. The van der Waals surface area contributed by atoms with Gasteiger partial charge in [0.2, 0.25) is 11.8 Å². The first kappa shape index (κ1) is 20.4. The van der Waals surface area contributed by atoms with Gasteiger partial charge in [-0.05, 0) is 56.8 Å². The minimum Gasteiger partial charge on any atom is -0.326 e. The van der Waals surface area contributed by atoms with Gasteiger partial charge in [-0.15, -0.1) is 11.8 Å². The van der Waals surface area contributed by atoms with Crippen molar-refractivity contribution in [1.29, 1.82) is 0 Å². The number of nitrogens with one attached hydrogen (secondary N) is 2. The lowest BCUT2D eigenvalue weighted by molar-refractivity contribution is -0.125. The van der Waals surface area contributed by atoms with Crippen LogP contribution in [0.5, 0.6) is 0 Å². The van der Waals surface area contributed by atoms with E-state index in [0.717, 1.165) is 35.7 Å². The summed E-state index contributed by atoms with van der Waals surface area (Å²) in [6, 6.07) is 17.0. The largest absolute Gasteiger partial charge is 0.326 e. The summed E-state index contributed by atoms with van der Waals surface area (Å²) >= 11 is 1.61. The van der Waals surface area contributed by atoms with Crippen molar-refractivity contribution in [1.82, 2.24) is 4.90 Å². The van der Waals surface area contributed by atoms with Crippen LogP contribution >= 0.6 is 11.8 Å². The fourth-order valence-electron chi connectivity index (χ4n) is 3.49. The molecule has 1 aliphatic rings. The zero-order valence-electron chi connectivity index (χ0n) is 16.4. The Morgan fingerprint density at radius 1 is 1.07 bits per heavy atom. The molecule has 3 rings (SSSR count). The third kappa shape index (κ3) is 5.14. The van der Waals surface area contributed by atoms with Crippen molar-refractivity contribution in [2.24, 2.45) is 5.92 Å². The third-order valence-electron chi connectivity index (χ3n) is 5.16. The lowest BCUT2D eigenvalue weighted by atomic mass is 9.95. The second-order valence-corrected chi connectivity index (χ2v) is 7.90. The van der Waals surface area contributed by atoms with Gasteiger partial charge in [0, 0.05) is 17.1 Å². The Bertz CT molecular complexity index is 812. The SMILES string of the molecule is CSc1ccccc1NC(=O)[C@@H](C)N1CCC[C@@H](C(=O)Nc2ccccc2)C1. The highest BCUT2D eigenvalue weighted by molar-refractivity contribution is 7.98. The number of carbonyl (C=O) groups excluding carboxylic acids is 2. The predicted molar refractivity (Wildman–Crippen MR) is 116 cm³/mol. The summed E-state index contributed by atoms with van der Waals surface area (Å²) in [5.41, 5.74) is 1.64. The van der Waals surface area contributed by atoms with Gasteiger partial charge in [0.25, 0.3) is 0 Å². The van der Waals surface area contributed by atoms with Gasteiger partial charge in [-0.1, -0.05) is 30.3 Å². The van der Waals surface area contributed by atoms with Crippen molar-refractivity contribution < 1.29 is 9.59 Å². The molecule has 2 atom stereocenters. The first-order chi connectivity index (χ1) is 13.6. The topological polar surface area (TPSA) is 61.4 Å². The van der Waals surface area contributed by atoms with E-state index < -0.39 is 0 Å². The maximum absolute atomic E-state index is 12.8. The molecule has 28 heavy (non-hydrogen) atoms. The second kappa shape index (κ2) is 9.75. The number of para-hydroxylation sites is 2. The van der Waals surface area contributed by atoms with E-state index in [9.17, 15) is 9.59 Å². The van der Waals surface area contributed by atoms with E-state index in [4.69, 9.17) is 0 Å². The highest BCUT2D eigenvalue weighted by atomic mass is 32.2. The van der Waals surface area contributed by atoms with E-state index in [2.05, 4.69) is 15.5 Å². The first-order valence-corrected chi connectivity index (χ1v) is 10.8. The minimum absolute atomic E-state index is 0.0243. The molecule has 0 bridgehead atoms. The number of benzene rings is 2. The van der Waals surface area contributed by atoms with Gasteiger partial charge in [0.15, 0.2) is 0 Å². The summed E-state index contributed by atoms with van der Waals surface area (Å²) in [6.07, 6.45) is 3.75. The molecule has 1 saturated heterocycles. The van der Waals surface area contributed by atoms with Gasteiger partial charge in [0.1, 0.15) is 0 Å². The maximum Gasteiger partial charge on any atom is 0.241 e. The number of amides is 2. The average Bonchev–Trinajstić information content (AvgIpc) is 2.74. The number of nitrogens with zero attached hydrogens (tertiary/aromatic N) is 1. The molecule has 0 spiro atoms. The van der Waals surface area contributed by atoms with Crippen LogP contribution < -0.4 is 10.6 Å². The summed E-state index contributed by atoms with van der Waals surface area (Å²) in [4.78, 5) is 28.6. The van der Waals surface area contributed by atoms with Crippen molar-refractivity contribution in [3.05, 3.63) is 54.6 Å². The van der Waals surface area contributed by atoms with Crippen LogP contribution in [0.2, 0.25) is 0 Å². The summed E-state index contributed by atoms with van der Waals surface area (Å²) in [7, 11) is 0. The Hall–Kier alpha value is -2.31. The van der Waals surface area contributed by atoms with E-state index in [1.165, 1.54) is 0 Å². The van der Waals surface area contributed by atoms with Gasteiger partial charge in [0.05, 0.1) is 17.6 Å². The van der Waals surface area contributed by atoms with Gasteiger partial charge in [-0.25, -0.2) is 0 Å². The van der Waals surface area contributed by atoms with Crippen LogP contribution in [0.4, 0.5) is 11.4 Å². The molecular formula is C22H27N3O2S. The Morgan fingerprint density at radius 3 is 2.54 bits per heavy atom. The van der Waals surface area contributed by atoms with Crippen LogP contribution in [-0.2, 0) is 9.59 Å². The molecule has 1 aliphatic heterocycles. The van der Waals surface area contributed by atoms with Crippen molar-refractivity contribution in [2.45, 2.75) is 30.7 Å². The van der Waals surface area contributed by atoms with Crippen LogP contribution in [0.1, 0.15) is 19.8 Å². The predicted octanol–water partition coefficient (Wildman–Crippen LogP) is 4.09. The molecule has 1 fully saturated rings. The summed E-state index contributed by atoms with van der Waals surface area (Å²) < 4.78 is 0. The maximum atomic E-state index is 12.8. The lowest BCUT2D eigenvalue weighted by Gasteiger charge is -2.35. The summed E-state index contributed by atoms with van der Waals surface area (Å²) in [5.74, 6) is -0.121. The van der Waals surface area contributed by atoms with Crippen LogP contribution in [0, 0.1) is 5.92 Å². The number of carbonyl (C=O) groups is 2. The van der Waals surface area contributed by atoms with Gasteiger partial charge in [-0.3, -0.25) is 14.5 Å². The van der Waals surface area contributed by atoms with Crippen molar-refractivity contribution >= 4 is 35.0 Å².